The van der Waals surface area contributed by atoms with Crippen LogP contribution < -0.4 is 0 Å². The number of hydrogen-bond donors (Lipinski definition) is 1. The maximum absolute atomic E-state index is 14.0. The Bertz CT molecular complexity index is 723. The van der Waals surface area contributed by atoms with E-state index in [1.165, 1.54) is 11.8 Å². The van der Waals surface area contributed by atoms with Crippen LogP contribution in [-0.4, -0.2) is 4.98 Å². The lowest BCUT2D eigenvalue weighted by atomic mass is 10.2. The molecule has 0 bridgehead atoms. The van der Waals surface area contributed by atoms with E-state index in [9.17, 15) is 4.39 Å². The molecule has 96 valence electrons. The molecule has 0 unspecified atom stereocenters. The topological polar surface area (TPSA) is 15.8 Å². The molecule has 2 aromatic carbocycles. The van der Waals surface area contributed by atoms with E-state index < -0.39 is 0 Å². The minimum Gasteiger partial charge on any atom is -0.330 e. The Kier molecular flexibility index (Phi) is 3.62. The molecule has 0 fully saturated rings. The van der Waals surface area contributed by atoms with Gasteiger partial charge in [0.1, 0.15) is 0 Å². The first-order chi connectivity index (χ1) is 9.29. The Labute approximate surface area is 123 Å². The zero-order chi connectivity index (χ0) is 13.2. The van der Waals surface area contributed by atoms with Gasteiger partial charge in [-0.25, -0.2) is 0 Å². The highest BCUT2D eigenvalue weighted by atomic mass is 79.9. The summed E-state index contributed by atoms with van der Waals surface area (Å²) in [4.78, 5) is 4.51. The van der Waals surface area contributed by atoms with Crippen molar-refractivity contribution in [3.8, 4) is 0 Å². The zero-order valence-electron chi connectivity index (χ0n) is 9.99. The summed E-state index contributed by atoms with van der Waals surface area (Å²) in [6, 6.07) is 15.7. The molecule has 4 heteroatoms. The number of nitrogens with one attached hydrogen (secondary N) is 1. The summed E-state index contributed by atoms with van der Waals surface area (Å²) in [5.41, 5.74) is 2.00. The highest BCUT2D eigenvalue weighted by Gasteiger charge is 2.13. The number of H-pyrrole nitrogens is 1. The van der Waals surface area contributed by atoms with Gasteiger partial charge in [-0.2, -0.15) is 4.39 Å². The van der Waals surface area contributed by atoms with Gasteiger partial charge in [-0.05, 0) is 17.7 Å². The van der Waals surface area contributed by atoms with E-state index in [4.69, 9.17) is 0 Å². The van der Waals surface area contributed by atoms with Gasteiger partial charge >= 0.3 is 0 Å². The summed E-state index contributed by atoms with van der Waals surface area (Å²) >= 11 is 4.93. The van der Waals surface area contributed by atoms with Crippen molar-refractivity contribution >= 4 is 38.6 Å². The van der Waals surface area contributed by atoms with Crippen LogP contribution in [0.25, 0.3) is 10.9 Å². The molecule has 0 radical (unpaired) electrons. The second-order valence-corrected chi connectivity index (χ2v) is 5.77. The van der Waals surface area contributed by atoms with E-state index >= 15 is 0 Å². The van der Waals surface area contributed by atoms with Gasteiger partial charge in [0, 0.05) is 21.1 Å². The van der Waals surface area contributed by atoms with Crippen molar-refractivity contribution < 1.29 is 4.39 Å². The summed E-state index contributed by atoms with van der Waals surface area (Å²) in [5.74, 6) is -0.268. The molecular weight excluding hydrogens is 325 g/mol. The summed E-state index contributed by atoms with van der Waals surface area (Å²) in [6.07, 6.45) is 0. The number of aromatic amines is 1. The number of rotatable bonds is 3. The molecule has 1 heterocycles. The van der Waals surface area contributed by atoms with Crippen molar-refractivity contribution in [2.45, 2.75) is 15.1 Å². The average Bonchev–Trinajstić information content (AvgIpc) is 2.76. The largest absolute Gasteiger partial charge is 0.330 e. The van der Waals surface area contributed by atoms with Crippen LogP contribution in [0.4, 0.5) is 4.39 Å². The van der Waals surface area contributed by atoms with E-state index in [1.807, 2.05) is 48.5 Å². The van der Waals surface area contributed by atoms with E-state index in [-0.39, 0.29) is 5.95 Å². The van der Waals surface area contributed by atoms with Gasteiger partial charge in [0.2, 0.25) is 5.95 Å². The minimum atomic E-state index is -0.268. The van der Waals surface area contributed by atoms with Crippen molar-refractivity contribution in [1.29, 1.82) is 0 Å². The highest BCUT2D eigenvalue weighted by Crippen LogP contribution is 2.37. The summed E-state index contributed by atoms with van der Waals surface area (Å²) < 4.78 is 14.0. The van der Waals surface area contributed by atoms with Gasteiger partial charge in [-0.3, -0.25) is 0 Å². The molecule has 0 atom stereocenters. The van der Waals surface area contributed by atoms with Crippen LogP contribution >= 0.6 is 27.7 Å². The fraction of sp³-hybridized carbons (Fsp3) is 0.0667. The van der Waals surface area contributed by atoms with E-state index in [2.05, 4.69) is 20.9 Å². The molecule has 3 aromatic rings. The smallest absolute Gasteiger partial charge is 0.206 e. The Morgan fingerprint density at radius 2 is 1.79 bits per heavy atom. The number of halogens is 2. The molecule has 0 aliphatic rings. The number of hydrogen-bond acceptors (Lipinski definition) is 1. The molecular formula is C15H11BrFNS. The van der Waals surface area contributed by atoms with Crippen LogP contribution in [0.1, 0.15) is 5.56 Å². The Morgan fingerprint density at radius 3 is 2.63 bits per heavy atom. The molecule has 0 amide bonds. The predicted octanol–water partition coefficient (Wildman–Crippen LogP) is 5.35. The van der Waals surface area contributed by atoms with Crippen LogP contribution in [0.3, 0.4) is 0 Å². The second kappa shape index (κ2) is 5.39. The normalized spacial score (nSPS) is 11.1. The molecule has 1 aromatic heterocycles. The zero-order valence-corrected chi connectivity index (χ0v) is 12.4. The number of benzene rings is 2. The summed E-state index contributed by atoms with van der Waals surface area (Å²) in [5, 5.41) is 1.69. The third-order valence-corrected chi connectivity index (χ3v) is 4.77. The molecule has 19 heavy (non-hydrogen) atoms. The van der Waals surface area contributed by atoms with Crippen LogP contribution in [0.2, 0.25) is 0 Å². The predicted molar refractivity (Wildman–Crippen MR) is 81.5 cm³/mol. The quantitative estimate of drug-likeness (QED) is 0.637. The lowest BCUT2D eigenvalue weighted by molar-refractivity contribution is 0.572. The van der Waals surface area contributed by atoms with Crippen molar-refractivity contribution in [2.24, 2.45) is 0 Å². The van der Waals surface area contributed by atoms with Crippen molar-refractivity contribution in [2.75, 3.05) is 0 Å². The first-order valence-corrected chi connectivity index (χ1v) is 7.81. The molecule has 0 aliphatic heterocycles. The maximum atomic E-state index is 14.0. The Hall–Kier alpha value is -1.26. The van der Waals surface area contributed by atoms with E-state index in [0.29, 0.717) is 4.90 Å². The van der Waals surface area contributed by atoms with Crippen LogP contribution in [0, 0.1) is 5.95 Å². The van der Waals surface area contributed by atoms with Crippen molar-refractivity contribution in [3.05, 3.63) is 60.0 Å². The Morgan fingerprint density at radius 1 is 1.05 bits per heavy atom. The molecule has 0 saturated carbocycles. The number of fused-ring (bicyclic) bond motifs is 1. The summed E-state index contributed by atoms with van der Waals surface area (Å²) in [7, 11) is 0. The van der Waals surface area contributed by atoms with E-state index in [1.54, 1.807) is 0 Å². The van der Waals surface area contributed by atoms with Gasteiger partial charge in [-0.1, -0.05) is 64.1 Å². The summed E-state index contributed by atoms with van der Waals surface area (Å²) in [6.45, 7) is 0. The molecule has 1 N–H and O–H groups in total. The van der Waals surface area contributed by atoms with E-state index in [0.717, 1.165) is 26.7 Å². The first-order valence-electron chi connectivity index (χ1n) is 5.87. The second-order valence-electron chi connectivity index (χ2n) is 4.16. The first kappa shape index (κ1) is 12.8. The number of para-hydroxylation sites is 1. The molecule has 0 spiro atoms. The fourth-order valence-electron chi connectivity index (χ4n) is 2.01. The standard InChI is InChI=1S/C15H11BrFNS/c16-9-10-5-1-4-8-13(10)19-14-11-6-2-3-7-12(11)18-15(14)17/h1-8,18H,9H2. The minimum absolute atomic E-state index is 0.268. The van der Waals surface area contributed by atoms with Crippen molar-refractivity contribution in [3.63, 3.8) is 0 Å². The third kappa shape index (κ3) is 2.42. The lowest BCUT2D eigenvalue weighted by Gasteiger charge is -2.05. The SMILES string of the molecule is Fc1[nH]c2ccccc2c1Sc1ccccc1CBr. The fourth-order valence-corrected chi connectivity index (χ4v) is 3.75. The van der Waals surface area contributed by atoms with Crippen LogP contribution in [0.15, 0.2) is 58.3 Å². The molecule has 1 nitrogen and oxygen atoms in total. The van der Waals surface area contributed by atoms with Gasteiger partial charge in [0.15, 0.2) is 0 Å². The number of aromatic nitrogens is 1. The monoisotopic (exact) mass is 335 g/mol. The van der Waals surface area contributed by atoms with Gasteiger partial charge in [0.25, 0.3) is 0 Å². The average molecular weight is 336 g/mol. The lowest BCUT2D eigenvalue weighted by Crippen LogP contribution is -1.83. The van der Waals surface area contributed by atoms with Gasteiger partial charge < -0.3 is 4.98 Å². The Balaban J connectivity index is 2.08. The van der Waals surface area contributed by atoms with Gasteiger partial charge in [0.05, 0.1) is 4.90 Å². The molecule has 0 saturated heterocycles. The maximum Gasteiger partial charge on any atom is 0.206 e. The third-order valence-electron chi connectivity index (χ3n) is 2.94. The van der Waals surface area contributed by atoms with Gasteiger partial charge in [-0.15, -0.1) is 0 Å². The molecule has 0 aliphatic carbocycles. The highest BCUT2D eigenvalue weighted by molar-refractivity contribution is 9.08. The van der Waals surface area contributed by atoms with Crippen LogP contribution in [-0.2, 0) is 5.33 Å². The van der Waals surface area contributed by atoms with Crippen LogP contribution in [0.5, 0.6) is 0 Å². The molecule has 3 rings (SSSR count). The number of alkyl halides is 1. The van der Waals surface area contributed by atoms with Crippen molar-refractivity contribution in [1.82, 2.24) is 4.98 Å².